The van der Waals surface area contributed by atoms with Crippen LogP contribution in [0.5, 0.6) is 0 Å². The molecule has 2 rings (SSSR count). The van der Waals surface area contributed by atoms with E-state index in [0.717, 1.165) is 13.1 Å². The predicted octanol–water partition coefficient (Wildman–Crippen LogP) is 1.13. The number of carbonyl (C=O) groups is 1. The Balaban J connectivity index is 1.80. The Bertz CT molecular complexity index is 486. The van der Waals surface area contributed by atoms with Gasteiger partial charge >= 0.3 is 0 Å². The van der Waals surface area contributed by atoms with Crippen molar-refractivity contribution in [2.75, 3.05) is 46.9 Å². The summed E-state index contributed by atoms with van der Waals surface area (Å²) in [6.45, 7) is 3.62. The van der Waals surface area contributed by atoms with E-state index in [4.69, 9.17) is 9.47 Å². The molecular formula is C16H23FN2O3. The van der Waals surface area contributed by atoms with Gasteiger partial charge in [0, 0.05) is 46.9 Å². The molecule has 0 unspecified atom stereocenters. The molecule has 5 nitrogen and oxygen atoms in total. The molecule has 0 saturated carbocycles. The summed E-state index contributed by atoms with van der Waals surface area (Å²) in [5, 5.41) is 0. The van der Waals surface area contributed by atoms with Gasteiger partial charge in [-0.3, -0.25) is 9.69 Å². The standard InChI is InChI=1S/C16H23FN2O3/c1-21-16(22-2)12-18-6-8-19(9-7-18)15(20)11-13-4-3-5-14(17)10-13/h3-5,10,16H,6-9,11-12H2,1-2H3. The second kappa shape index (κ2) is 8.22. The van der Waals surface area contributed by atoms with Crippen LogP contribution in [0.15, 0.2) is 24.3 Å². The predicted molar refractivity (Wildman–Crippen MR) is 80.9 cm³/mol. The van der Waals surface area contributed by atoms with Gasteiger partial charge in [-0.1, -0.05) is 12.1 Å². The Morgan fingerprint density at radius 1 is 1.23 bits per heavy atom. The lowest BCUT2D eigenvalue weighted by Crippen LogP contribution is -2.51. The summed E-state index contributed by atoms with van der Waals surface area (Å²) in [6, 6.07) is 6.20. The zero-order valence-corrected chi connectivity index (χ0v) is 13.1. The molecule has 0 aromatic heterocycles. The van der Waals surface area contributed by atoms with E-state index in [0.29, 0.717) is 25.2 Å². The fourth-order valence-electron chi connectivity index (χ4n) is 2.57. The average molecular weight is 310 g/mol. The van der Waals surface area contributed by atoms with Crippen LogP contribution in [-0.4, -0.2) is 68.9 Å². The number of benzene rings is 1. The van der Waals surface area contributed by atoms with Crippen LogP contribution in [0.1, 0.15) is 5.56 Å². The van der Waals surface area contributed by atoms with E-state index in [2.05, 4.69) is 4.90 Å². The molecule has 0 aliphatic carbocycles. The van der Waals surface area contributed by atoms with E-state index in [1.165, 1.54) is 12.1 Å². The molecule has 0 N–H and O–H groups in total. The molecular weight excluding hydrogens is 287 g/mol. The van der Waals surface area contributed by atoms with Crippen molar-refractivity contribution in [2.24, 2.45) is 0 Å². The third kappa shape index (κ3) is 4.76. The van der Waals surface area contributed by atoms with Gasteiger partial charge in [-0.05, 0) is 17.7 Å². The van der Waals surface area contributed by atoms with Crippen molar-refractivity contribution in [1.82, 2.24) is 9.80 Å². The van der Waals surface area contributed by atoms with Gasteiger partial charge in [0.15, 0.2) is 6.29 Å². The number of nitrogens with zero attached hydrogens (tertiary/aromatic N) is 2. The Morgan fingerprint density at radius 2 is 1.91 bits per heavy atom. The summed E-state index contributed by atoms with van der Waals surface area (Å²) in [5.41, 5.74) is 0.714. The van der Waals surface area contributed by atoms with E-state index in [-0.39, 0.29) is 24.4 Å². The molecule has 0 spiro atoms. The quantitative estimate of drug-likeness (QED) is 0.739. The summed E-state index contributed by atoms with van der Waals surface area (Å²) in [4.78, 5) is 16.3. The maximum absolute atomic E-state index is 13.1. The minimum Gasteiger partial charge on any atom is -0.355 e. The second-order valence-corrected chi connectivity index (χ2v) is 5.39. The van der Waals surface area contributed by atoms with Gasteiger partial charge < -0.3 is 14.4 Å². The first kappa shape index (κ1) is 16.9. The lowest BCUT2D eigenvalue weighted by molar-refractivity contribution is -0.135. The van der Waals surface area contributed by atoms with Crippen molar-refractivity contribution in [3.8, 4) is 0 Å². The molecule has 22 heavy (non-hydrogen) atoms. The van der Waals surface area contributed by atoms with E-state index in [9.17, 15) is 9.18 Å². The monoisotopic (exact) mass is 310 g/mol. The van der Waals surface area contributed by atoms with Crippen molar-refractivity contribution in [2.45, 2.75) is 12.7 Å². The van der Waals surface area contributed by atoms with Gasteiger partial charge in [-0.15, -0.1) is 0 Å². The smallest absolute Gasteiger partial charge is 0.227 e. The molecule has 0 bridgehead atoms. The largest absolute Gasteiger partial charge is 0.355 e. The molecule has 1 aromatic rings. The van der Waals surface area contributed by atoms with Gasteiger partial charge in [0.1, 0.15) is 5.82 Å². The van der Waals surface area contributed by atoms with Crippen molar-refractivity contribution < 1.29 is 18.7 Å². The SMILES string of the molecule is COC(CN1CCN(C(=O)Cc2cccc(F)c2)CC1)OC. The molecule has 1 saturated heterocycles. The maximum Gasteiger partial charge on any atom is 0.227 e. The van der Waals surface area contributed by atoms with E-state index in [1.54, 1.807) is 26.4 Å². The number of methoxy groups -OCH3 is 2. The average Bonchev–Trinajstić information content (AvgIpc) is 2.53. The number of rotatable bonds is 6. The van der Waals surface area contributed by atoms with Gasteiger partial charge in [-0.2, -0.15) is 0 Å². The topological polar surface area (TPSA) is 42.0 Å². The highest BCUT2D eigenvalue weighted by Gasteiger charge is 2.23. The zero-order chi connectivity index (χ0) is 15.9. The Morgan fingerprint density at radius 3 is 2.50 bits per heavy atom. The second-order valence-electron chi connectivity index (χ2n) is 5.39. The van der Waals surface area contributed by atoms with Crippen molar-refractivity contribution in [1.29, 1.82) is 0 Å². The summed E-state index contributed by atoms with van der Waals surface area (Å²) >= 11 is 0. The number of hydrogen-bond donors (Lipinski definition) is 0. The lowest BCUT2D eigenvalue weighted by Gasteiger charge is -2.35. The molecule has 1 aromatic carbocycles. The highest BCUT2D eigenvalue weighted by atomic mass is 19.1. The molecule has 1 fully saturated rings. The van der Waals surface area contributed by atoms with Crippen LogP contribution in [0.4, 0.5) is 4.39 Å². The molecule has 0 atom stereocenters. The number of ether oxygens (including phenoxy) is 2. The van der Waals surface area contributed by atoms with Crippen molar-refractivity contribution >= 4 is 5.91 Å². The van der Waals surface area contributed by atoms with Crippen molar-refractivity contribution in [3.05, 3.63) is 35.6 Å². The van der Waals surface area contributed by atoms with E-state index < -0.39 is 0 Å². The Hall–Kier alpha value is -1.50. The van der Waals surface area contributed by atoms with Gasteiger partial charge in [-0.25, -0.2) is 4.39 Å². The van der Waals surface area contributed by atoms with Crippen LogP contribution in [0, 0.1) is 5.82 Å². The lowest BCUT2D eigenvalue weighted by atomic mass is 10.1. The third-order valence-corrected chi connectivity index (χ3v) is 3.90. The molecule has 122 valence electrons. The summed E-state index contributed by atoms with van der Waals surface area (Å²) in [6.07, 6.45) is 0.00539. The molecule has 1 aliphatic heterocycles. The number of amides is 1. The van der Waals surface area contributed by atoms with Gasteiger partial charge in [0.05, 0.1) is 6.42 Å². The highest BCUT2D eigenvalue weighted by Crippen LogP contribution is 2.09. The van der Waals surface area contributed by atoms with Crippen LogP contribution in [0.2, 0.25) is 0 Å². The van der Waals surface area contributed by atoms with Crippen LogP contribution < -0.4 is 0 Å². The number of piperazine rings is 1. The number of carbonyl (C=O) groups excluding carboxylic acids is 1. The van der Waals surface area contributed by atoms with Crippen molar-refractivity contribution in [3.63, 3.8) is 0 Å². The normalized spacial score (nSPS) is 16.3. The van der Waals surface area contributed by atoms with E-state index in [1.807, 2.05) is 4.90 Å². The fraction of sp³-hybridized carbons (Fsp3) is 0.562. The minimum absolute atomic E-state index is 0.0419. The molecule has 0 radical (unpaired) electrons. The zero-order valence-electron chi connectivity index (χ0n) is 13.1. The van der Waals surface area contributed by atoms with Crippen LogP contribution >= 0.6 is 0 Å². The molecule has 6 heteroatoms. The maximum atomic E-state index is 13.1. The number of halogens is 1. The van der Waals surface area contributed by atoms with Crippen LogP contribution in [0.3, 0.4) is 0 Å². The molecule has 1 heterocycles. The summed E-state index contributed by atoms with van der Waals surface area (Å²) in [7, 11) is 3.24. The minimum atomic E-state index is -0.305. The van der Waals surface area contributed by atoms with E-state index >= 15 is 0 Å². The Kier molecular flexibility index (Phi) is 6.30. The highest BCUT2D eigenvalue weighted by molar-refractivity contribution is 5.78. The number of hydrogen-bond acceptors (Lipinski definition) is 4. The molecule has 1 amide bonds. The molecule has 1 aliphatic rings. The first-order valence-electron chi connectivity index (χ1n) is 7.42. The van der Waals surface area contributed by atoms with Gasteiger partial charge in [0.25, 0.3) is 0 Å². The van der Waals surface area contributed by atoms with Crippen LogP contribution in [-0.2, 0) is 20.7 Å². The van der Waals surface area contributed by atoms with Crippen LogP contribution in [0.25, 0.3) is 0 Å². The fourth-order valence-corrected chi connectivity index (χ4v) is 2.57. The first-order chi connectivity index (χ1) is 10.6. The van der Waals surface area contributed by atoms with Gasteiger partial charge in [0.2, 0.25) is 5.91 Å². The third-order valence-electron chi connectivity index (χ3n) is 3.90. The first-order valence-corrected chi connectivity index (χ1v) is 7.42. The Labute approximate surface area is 130 Å². The summed E-state index contributed by atoms with van der Waals surface area (Å²) < 4.78 is 23.5. The summed E-state index contributed by atoms with van der Waals surface area (Å²) in [5.74, 6) is -0.263.